The molecule has 1 aliphatic rings. The average Bonchev–Trinajstić information content (AvgIpc) is 3.22. The van der Waals surface area contributed by atoms with Gasteiger partial charge in [0.25, 0.3) is 0 Å². The molecule has 0 spiro atoms. The zero-order chi connectivity index (χ0) is 23.2. The molecule has 0 bridgehead atoms. The molecule has 7 heteroatoms. The maximum atomic E-state index is 12.3. The van der Waals surface area contributed by atoms with Crippen molar-refractivity contribution in [1.29, 1.82) is 0 Å². The smallest absolute Gasteiger partial charge is 0.220 e. The lowest BCUT2D eigenvalue weighted by Crippen LogP contribution is -2.37. The molecular formula is C26H31N3O4. The Bertz CT molecular complexity index is 1090. The van der Waals surface area contributed by atoms with E-state index in [0.717, 1.165) is 54.6 Å². The topological polar surface area (TPSA) is 76.8 Å². The molecule has 4 rings (SSSR count). The highest BCUT2D eigenvalue weighted by Gasteiger charge is 2.19. The second-order valence-corrected chi connectivity index (χ2v) is 8.24. The maximum Gasteiger partial charge on any atom is 0.220 e. The highest BCUT2D eigenvalue weighted by atomic mass is 16.5. The summed E-state index contributed by atoms with van der Waals surface area (Å²) in [5, 5.41) is 3.02. The summed E-state index contributed by atoms with van der Waals surface area (Å²) in [5.74, 6) is 2.90. The molecule has 0 saturated carbocycles. The first-order valence-electron chi connectivity index (χ1n) is 11.3. The van der Waals surface area contributed by atoms with E-state index in [-0.39, 0.29) is 5.91 Å². The fraction of sp³-hybridized carbons (Fsp3) is 0.385. The third-order valence-corrected chi connectivity index (χ3v) is 5.99. The number of aryl methyl sites for hydroxylation is 2. The first-order chi connectivity index (χ1) is 16.1. The van der Waals surface area contributed by atoms with Gasteiger partial charge in [-0.2, -0.15) is 0 Å². The summed E-state index contributed by atoms with van der Waals surface area (Å²) in [7, 11) is 3.32. The van der Waals surface area contributed by atoms with Crippen LogP contribution in [-0.4, -0.2) is 49.6 Å². The largest absolute Gasteiger partial charge is 0.493 e. The highest BCUT2D eigenvalue weighted by Crippen LogP contribution is 2.33. The molecular weight excluding hydrogens is 418 g/mol. The Kier molecular flexibility index (Phi) is 7.29. The molecule has 0 aliphatic carbocycles. The molecule has 0 radical (unpaired) electrons. The van der Waals surface area contributed by atoms with Crippen LogP contribution in [-0.2, 0) is 24.2 Å². The third kappa shape index (κ3) is 5.54. The fourth-order valence-corrected chi connectivity index (χ4v) is 4.21. The lowest BCUT2D eigenvalue weighted by molar-refractivity contribution is -0.121. The van der Waals surface area contributed by atoms with Crippen LogP contribution in [0.1, 0.15) is 29.1 Å². The number of fused-ring (bicyclic) bond motifs is 1. The number of rotatable bonds is 9. The lowest BCUT2D eigenvalue weighted by Gasteiger charge is -2.29. The summed E-state index contributed by atoms with van der Waals surface area (Å²) in [4.78, 5) is 19.2. The average molecular weight is 450 g/mol. The van der Waals surface area contributed by atoms with Crippen molar-refractivity contribution in [1.82, 2.24) is 15.2 Å². The first-order valence-corrected chi connectivity index (χ1v) is 11.3. The Morgan fingerprint density at radius 2 is 1.85 bits per heavy atom. The zero-order valence-electron chi connectivity index (χ0n) is 19.5. The molecule has 0 unspecified atom stereocenters. The van der Waals surface area contributed by atoms with E-state index in [0.29, 0.717) is 25.3 Å². The van der Waals surface area contributed by atoms with Gasteiger partial charge in [-0.15, -0.1) is 0 Å². The van der Waals surface area contributed by atoms with Gasteiger partial charge in [-0.05, 0) is 36.6 Å². The summed E-state index contributed by atoms with van der Waals surface area (Å²) in [6.45, 7) is 5.13. The number of benzene rings is 2. The molecule has 2 heterocycles. The standard InChI is InChI=1S/C26H31N3O4/c1-18-26(19-7-5-4-6-8-19)33-25(28-18)10-9-24(30)27-12-14-29-13-11-20-15-22(31-2)23(32-3)16-21(20)17-29/h4-8,15-16H,9-14,17H2,1-3H3,(H,27,30). The van der Waals surface area contributed by atoms with Crippen LogP contribution in [0.4, 0.5) is 0 Å². The number of hydrogen-bond acceptors (Lipinski definition) is 6. The summed E-state index contributed by atoms with van der Waals surface area (Å²) in [6.07, 6.45) is 1.79. The number of nitrogens with zero attached hydrogens (tertiary/aromatic N) is 2. The van der Waals surface area contributed by atoms with Gasteiger partial charge in [-0.25, -0.2) is 4.98 Å². The zero-order valence-corrected chi connectivity index (χ0v) is 19.5. The second-order valence-electron chi connectivity index (χ2n) is 8.24. The van der Waals surface area contributed by atoms with E-state index in [1.54, 1.807) is 14.2 Å². The van der Waals surface area contributed by atoms with Crippen LogP contribution in [0, 0.1) is 6.92 Å². The normalized spacial score (nSPS) is 13.4. The van der Waals surface area contributed by atoms with Crippen LogP contribution in [0.25, 0.3) is 11.3 Å². The van der Waals surface area contributed by atoms with E-state index < -0.39 is 0 Å². The van der Waals surface area contributed by atoms with Crippen LogP contribution in [0.5, 0.6) is 11.5 Å². The van der Waals surface area contributed by atoms with Gasteiger partial charge in [0, 0.05) is 44.6 Å². The number of ether oxygens (including phenoxy) is 2. The number of aromatic nitrogens is 1. The summed E-state index contributed by atoms with van der Waals surface area (Å²) in [6, 6.07) is 14.0. The van der Waals surface area contributed by atoms with E-state index in [1.165, 1.54) is 11.1 Å². The monoisotopic (exact) mass is 449 g/mol. The molecule has 2 aromatic carbocycles. The van der Waals surface area contributed by atoms with Gasteiger partial charge in [0.1, 0.15) is 0 Å². The molecule has 0 atom stereocenters. The van der Waals surface area contributed by atoms with Gasteiger partial charge in [0.2, 0.25) is 5.91 Å². The number of oxazole rings is 1. The van der Waals surface area contributed by atoms with E-state index in [2.05, 4.69) is 27.3 Å². The SMILES string of the molecule is COc1cc2c(cc1OC)CN(CCNC(=O)CCc1nc(C)c(-c3ccccc3)o1)CC2. The first kappa shape index (κ1) is 22.9. The quantitative estimate of drug-likeness (QED) is 0.536. The van der Waals surface area contributed by atoms with Crippen LogP contribution in [0.15, 0.2) is 46.9 Å². The molecule has 0 fully saturated rings. The summed E-state index contributed by atoms with van der Waals surface area (Å²) >= 11 is 0. The minimum atomic E-state index is 0.0101. The number of carbonyl (C=O) groups excluding carboxylic acids is 1. The van der Waals surface area contributed by atoms with Gasteiger partial charge in [0.15, 0.2) is 23.1 Å². The molecule has 0 saturated heterocycles. The van der Waals surface area contributed by atoms with Crippen molar-refractivity contribution in [2.45, 2.75) is 32.7 Å². The molecule has 3 aromatic rings. The Balaban J connectivity index is 1.23. The van der Waals surface area contributed by atoms with Crippen molar-refractivity contribution in [3.8, 4) is 22.8 Å². The van der Waals surface area contributed by atoms with Crippen LogP contribution < -0.4 is 14.8 Å². The van der Waals surface area contributed by atoms with Crippen molar-refractivity contribution in [3.05, 3.63) is 65.2 Å². The molecule has 1 aliphatic heterocycles. The van der Waals surface area contributed by atoms with Crippen LogP contribution in [0.2, 0.25) is 0 Å². The molecule has 174 valence electrons. The number of amides is 1. The Hall–Kier alpha value is -3.32. The van der Waals surface area contributed by atoms with E-state index in [9.17, 15) is 4.79 Å². The van der Waals surface area contributed by atoms with Crippen LogP contribution in [0.3, 0.4) is 0 Å². The third-order valence-electron chi connectivity index (χ3n) is 5.99. The predicted octanol–water partition coefficient (Wildman–Crippen LogP) is 3.77. The van der Waals surface area contributed by atoms with Crippen LogP contribution >= 0.6 is 0 Å². The van der Waals surface area contributed by atoms with E-state index in [4.69, 9.17) is 13.9 Å². The summed E-state index contributed by atoms with van der Waals surface area (Å²) < 4.78 is 16.7. The van der Waals surface area contributed by atoms with E-state index in [1.807, 2.05) is 37.3 Å². The van der Waals surface area contributed by atoms with Gasteiger partial charge < -0.3 is 19.2 Å². The Morgan fingerprint density at radius 1 is 1.12 bits per heavy atom. The molecule has 7 nitrogen and oxygen atoms in total. The Labute approximate surface area is 194 Å². The minimum Gasteiger partial charge on any atom is -0.493 e. The van der Waals surface area contributed by atoms with Gasteiger partial charge in [-0.3, -0.25) is 9.69 Å². The Morgan fingerprint density at radius 3 is 2.58 bits per heavy atom. The van der Waals surface area contributed by atoms with Crippen molar-refractivity contribution >= 4 is 5.91 Å². The molecule has 33 heavy (non-hydrogen) atoms. The van der Waals surface area contributed by atoms with Gasteiger partial charge in [-0.1, -0.05) is 30.3 Å². The number of nitrogens with one attached hydrogen (secondary N) is 1. The molecule has 1 N–H and O–H groups in total. The van der Waals surface area contributed by atoms with E-state index >= 15 is 0 Å². The van der Waals surface area contributed by atoms with Crippen molar-refractivity contribution < 1.29 is 18.7 Å². The number of hydrogen-bond donors (Lipinski definition) is 1. The van der Waals surface area contributed by atoms with Crippen molar-refractivity contribution in [2.75, 3.05) is 33.9 Å². The lowest BCUT2D eigenvalue weighted by atomic mass is 9.99. The predicted molar refractivity (Wildman–Crippen MR) is 127 cm³/mol. The van der Waals surface area contributed by atoms with Crippen molar-refractivity contribution in [3.63, 3.8) is 0 Å². The number of carbonyl (C=O) groups is 1. The van der Waals surface area contributed by atoms with Gasteiger partial charge in [0.05, 0.1) is 19.9 Å². The second kappa shape index (κ2) is 10.5. The highest BCUT2D eigenvalue weighted by molar-refractivity contribution is 5.76. The number of methoxy groups -OCH3 is 2. The van der Waals surface area contributed by atoms with Gasteiger partial charge >= 0.3 is 0 Å². The summed E-state index contributed by atoms with van der Waals surface area (Å²) in [5.41, 5.74) is 4.39. The molecule has 1 aromatic heterocycles. The fourth-order valence-electron chi connectivity index (χ4n) is 4.21. The van der Waals surface area contributed by atoms with Crippen molar-refractivity contribution in [2.24, 2.45) is 0 Å². The molecule has 1 amide bonds. The minimum absolute atomic E-state index is 0.0101. The maximum absolute atomic E-state index is 12.3.